The van der Waals surface area contributed by atoms with Crippen LogP contribution in [0.1, 0.15) is 24.4 Å². The first-order valence-corrected chi connectivity index (χ1v) is 9.02. The lowest BCUT2D eigenvalue weighted by Gasteiger charge is -2.18. The molecule has 0 radical (unpaired) electrons. The maximum Gasteiger partial charge on any atom is 0.305 e. The first-order valence-electron chi connectivity index (χ1n) is 8.65. The van der Waals surface area contributed by atoms with Crippen molar-refractivity contribution in [3.8, 4) is 0 Å². The van der Waals surface area contributed by atoms with Crippen molar-refractivity contribution in [1.29, 1.82) is 0 Å². The number of carbonyl (C=O) groups excluding carboxylic acids is 1. The Hall–Kier alpha value is -3.19. The molecule has 28 heavy (non-hydrogen) atoms. The van der Waals surface area contributed by atoms with E-state index in [0.29, 0.717) is 21.5 Å². The molecule has 0 fully saturated rings. The number of amides is 1. The van der Waals surface area contributed by atoms with Gasteiger partial charge in [-0.25, -0.2) is 4.98 Å². The molecular weight excluding hydrogens is 382 g/mol. The standard InChI is InChI=1S/C20H18ClN3O4/c21-14-7-5-13(6-8-14)17(11-19(26)27)23-18(25)9-10-24-12-22-16-4-2-1-3-15(16)20(24)28/h1-8,12,17H,9-11H2,(H,23,25)(H,26,27). The highest BCUT2D eigenvalue weighted by Gasteiger charge is 2.18. The molecule has 3 aromatic rings. The maximum atomic E-state index is 12.5. The highest BCUT2D eigenvalue weighted by atomic mass is 35.5. The molecule has 8 heteroatoms. The molecule has 0 saturated carbocycles. The lowest BCUT2D eigenvalue weighted by Crippen LogP contribution is -2.32. The van der Waals surface area contributed by atoms with E-state index in [4.69, 9.17) is 16.7 Å². The van der Waals surface area contributed by atoms with Crippen LogP contribution in [-0.2, 0) is 16.1 Å². The normalized spacial score (nSPS) is 11.9. The number of carboxylic acids is 1. The molecule has 0 aliphatic heterocycles. The molecular formula is C20H18ClN3O4. The number of para-hydroxylation sites is 1. The van der Waals surface area contributed by atoms with E-state index in [1.165, 1.54) is 10.9 Å². The zero-order valence-corrected chi connectivity index (χ0v) is 15.6. The van der Waals surface area contributed by atoms with Gasteiger partial charge in [-0.05, 0) is 29.8 Å². The van der Waals surface area contributed by atoms with E-state index < -0.39 is 12.0 Å². The molecule has 1 amide bonds. The van der Waals surface area contributed by atoms with Crippen LogP contribution in [0.15, 0.2) is 59.7 Å². The molecule has 144 valence electrons. The number of benzene rings is 2. The van der Waals surface area contributed by atoms with Gasteiger partial charge in [0.2, 0.25) is 5.91 Å². The summed E-state index contributed by atoms with van der Waals surface area (Å²) in [4.78, 5) is 40.2. The van der Waals surface area contributed by atoms with Gasteiger partial charge in [-0.1, -0.05) is 35.9 Å². The van der Waals surface area contributed by atoms with Crippen LogP contribution in [0.2, 0.25) is 5.02 Å². The van der Waals surface area contributed by atoms with Crippen LogP contribution in [0, 0.1) is 0 Å². The van der Waals surface area contributed by atoms with Gasteiger partial charge in [0.15, 0.2) is 0 Å². The predicted molar refractivity (Wildman–Crippen MR) is 105 cm³/mol. The second kappa shape index (κ2) is 8.67. The Morgan fingerprint density at radius 1 is 1.14 bits per heavy atom. The Labute approximate surface area is 165 Å². The number of carboxylic acid groups (broad SMARTS) is 1. The van der Waals surface area contributed by atoms with Crippen molar-refractivity contribution in [2.24, 2.45) is 0 Å². The van der Waals surface area contributed by atoms with Crippen molar-refractivity contribution in [2.75, 3.05) is 0 Å². The highest BCUT2D eigenvalue weighted by molar-refractivity contribution is 6.30. The third kappa shape index (κ3) is 4.75. The summed E-state index contributed by atoms with van der Waals surface area (Å²) in [5.74, 6) is -1.39. The smallest absolute Gasteiger partial charge is 0.305 e. The summed E-state index contributed by atoms with van der Waals surface area (Å²) in [6, 6.07) is 12.9. The number of carbonyl (C=O) groups is 2. The van der Waals surface area contributed by atoms with Gasteiger partial charge in [0.1, 0.15) is 0 Å². The molecule has 0 saturated heterocycles. The van der Waals surface area contributed by atoms with E-state index in [1.807, 2.05) is 0 Å². The minimum Gasteiger partial charge on any atom is -0.481 e. The SMILES string of the molecule is O=C(O)CC(NC(=O)CCn1cnc2ccccc2c1=O)c1ccc(Cl)cc1. The number of rotatable bonds is 7. The van der Waals surface area contributed by atoms with Gasteiger partial charge in [0.05, 0.1) is 29.7 Å². The monoisotopic (exact) mass is 399 g/mol. The Bertz CT molecular complexity index is 1060. The lowest BCUT2D eigenvalue weighted by atomic mass is 10.0. The number of fused-ring (bicyclic) bond motifs is 1. The zero-order valence-electron chi connectivity index (χ0n) is 14.8. The van der Waals surface area contributed by atoms with Gasteiger partial charge < -0.3 is 10.4 Å². The maximum absolute atomic E-state index is 12.5. The molecule has 3 rings (SSSR count). The Morgan fingerprint density at radius 2 is 1.86 bits per heavy atom. The first kappa shape index (κ1) is 19.6. The molecule has 0 bridgehead atoms. The lowest BCUT2D eigenvalue weighted by molar-refractivity contribution is -0.137. The fourth-order valence-electron chi connectivity index (χ4n) is 2.88. The summed E-state index contributed by atoms with van der Waals surface area (Å²) in [6.07, 6.45) is 1.17. The molecule has 1 heterocycles. The van der Waals surface area contributed by atoms with Gasteiger partial charge in [-0.15, -0.1) is 0 Å². The Morgan fingerprint density at radius 3 is 2.57 bits per heavy atom. The summed E-state index contributed by atoms with van der Waals surface area (Å²) >= 11 is 5.86. The van der Waals surface area contributed by atoms with Crippen molar-refractivity contribution in [1.82, 2.24) is 14.9 Å². The van der Waals surface area contributed by atoms with Crippen LogP contribution >= 0.6 is 11.6 Å². The summed E-state index contributed by atoms with van der Waals surface area (Å²) in [5.41, 5.74) is 1.01. The quantitative estimate of drug-likeness (QED) is 0.636. The van der Waals surface area contributed by atoms with E-state index in [1.54, 1.807) is 48.5 Å². The van der Waals surface area contributed by atoms with Crippen LogP contribution in [0.4, 0.5) is 0 Å². The average molecular weight is 400 g/mol. The number of aromatic nitrogens is 2. The van der Waals surface area contributed by atoms with Gasteiger partial charge in [0.25, 0.3) is 5.56 Å². The zero-order chi connectivity index (χ0) is 20.1. The van der Waals surface area contributed by atoms with E-state index in [9.17, 15) is 14.4 Å². The number of aliphatic carboxylic acids is 1. The van der Waals surface area contributed by atoms with Gasteiger partial charge >= 0.3 is 5.97 Å². The van der Waals surface area contributed by atoms with Crippen LogP contribution in [0.25, 0.3) is 10.9 Å². The third-order valence-electron chi connectivity index (χ3n) is 4.30. The van der Waals surface area contributed by atoms with Crippen molar-refractivity contribution in [3.63, 3.8) is 0 Å². The molecule has 2 aromatic carbocycles. The Balaban J connectivity index is 1.69. The first-order chi connectivity index (χ1) is 13.4. The van der Waals surface area contributed by atoms with Gasteiger partial charge in [-0.2, -0.15) is 0 Å². The summed E-state index contributed by atoms with van der Waals surface area (Å²) in [7, 11) is 0. The number of aryl methyl sites for hydroxylation is 1. The largest absolute Gasteiger partial charge is 0.481 e. The fraction of sp³-hybridized carbons (Fsp3) is 0.200. The van der Waals surface area contributed by atoms with Crippen LogP contribution < -0.4 is 10.9 Å². The average Bonchev–Trinajstić information content (AvgIpc) is 2.67. The van der Waals surface area contributed by atoms with Crippen LogP contribution in [0.3, 0.4) is 0 Å². The summed E-state index contributed by atoms with van der Waals surface area (Å²) in [6.45, 7) is 0.142. The molecule has 0 aliphatic rings. The summed E-state index contributed by atoms with van der Waals surface area (Å²) in [5, 5.41) is 12.8. The second-order valence-electron chi connectivity index (χ2n) is 6.28. The van der Waals surface area contributed by atoms with Gasteiger partial charge in [0, 0.05) is 18.0 Å². The summed E-state index contributed by atoms with van der Waals surface area (Å²) < 4.78 is 1.37. The Kier molecular flexibility index (Phi) is 6.06. The van der Waals surface area contributed by atoms with Crippen molar-refractivity contribution >= 4 is 34.4 Å². The number of hydrogen-bond donors (Lipinski definition) is 2. The predicted octanol–water partition coefficient (Wildman–Crippen LogP) is 2.77. The van der Waals surface area contributed by atoms with Crippen LogP contribution in [-0.4, -0.2) is 26.5 Å². The molecule has 7 nitrogen and oxygen atoms in total. The van der Waals surface area contributed by atoms with E-state index in [0.717, 1.165) is 0 Å². The van der Waals surface area contributed by atoms with Crippen LogP contribution in [0.5, 0.6) is 0 Å². The number of nitrogens with zero attached hydrogens (tertiary/aromatic N) is 2. The van der Waals surface area contributed by atoms with E-state index in [-0.39, 0.29) is 30.9 Å². The minimum absolute atomic E-state index is 0.0175. The number of nitrogens with one attached hydrogen (secondary N) is 1. The molecule has 1 aromatic heterocycles. The molecule has 2 N–H and O–H groups in total. The fourth-order valence-corrected chi connectivity index (χ4v) is 3.00. The molecule has 1 atom stereocenters. The molecule has 0 aliphatic carbocycles. The minimum atomic E-state index is -1.03. The van der Waals surface area contributed by atoms with E-state index >= 15 is 0 Å². The third-order valence-corrected chi connectivity index (χ3v) is 4.55. The molecule has 1 unspecified atom stereocenters. The van der Waals surface area contributed by atoms with Crippen molar-refractivity contribution < 1.29 is 14.7 Å². The number of halogens is 1. The van der Waals surface area contributed by atoms with Gasteiger partial charge in [-0.3, -0.25) is 19.0 Å². The van der Waals surface area contributed by atoms with E-state index in [2.05, 4.69) is 10.3 Å². The number of hydrogen-bond acceptors (Lipinski definition) is 4. The topological polar surface area (TPSA) is 101 Å². The van der Waals surface area contributed by atoms with Crippen molar-refractivity contribution in [2.45, 2.75) is 25.4 Å². The highest BCUT2D eigenvalue weighted by Crippen LogP contribution is 2.19. The molecule has 0 spiro atoms. The van der Waals surface area contributed by atoms with Crippen molar-refractivity contribution in [3.05, 3.63) is 75.8 Å². The second-order valence-corrected chi connectivity index (χ2v) is 6.72.